The molecule has 4 nitrogen and oxygen atoms in total. The van der Waals surface area contributed by atoms with E-state index in [0.717, 1.165) is 16.9 Å². The minimum atomic E-state index is 1.14. The van der Waals surface area contributed by atoms with Gasteiger partial charge in [-0.3, -0.25) is 4.98 Å². The number of hydrogen-bond acceptors (Lipinski definition) is 3. The highest BCUT2D eigenvalue weighted by molar-refractivity contribution is 7.30. The fraction of sp³-hybridized carbons (Fsp3) is 0. The Morgan fingerprint density at radius 3 is 1.15 bits per heavy atom. The zero-order valence-corrected chi connectivity index (χ0v) is 37.7. The topological polar surface area (TPSA) is 27.7 Å². The molecule has 0 saturated carbocycles. The van der Waals surface area contributed by atoms with Crippen LogP contribution in [0.25, 0.3) is 124 Å². The Labute approximate surface area is 394 Å². The number of rotatable bonds is 7. The zero-order valence-electron chi connectivity index (χ0n) is 36.0. The van der Waals surface area contributed by atoms with Gasteiger partial charge in [0, 0.05) is 60.8 Å². The van der Waals surface area contributed by atoms with Crippen LogP contribution < -0.4 is 0 Å². The van der Waals surface area contributed by atoms with E-state index >= 15 is 0 Å². The first kappa shape index (κ1) is 38.0. The van der Waals surface area contributed by atoms with Crippen molar-refractivity contribution in [3.8, 4) is 60.2 Å². The molecule has 0 bridgehead atoms. The average Bonchev–Trinajstić information content (AvgIpc) is 4.22. The summed E-state index contributed by atoms with van der Waals surface area (Å²) in [6.07, 6.45) is 3.70. The van der Waals surface area contributed by atoms with Gasteiger partial charge in [-0.25, -0.2) is 0 Å². The fourth-order valence-corrected chi connectivity index (χ4v) is 12.7. The molecule has 0 radical (unpaired) electrons. The van der Waals surface area contributed by atoms with Gasteiger partial charge in [0.2, 0.25) is 0 Å². The molecule has 14 rings (SSSR count). The van der Waals surface area contributed by atoms with Gasteiger partial charge in [0.1, 0.15) is 0 Å². The van der Waals surface area contributed by atoms with Crippen LogP contribution in [0.15, 0.2) is 231 Å². The Hall–Kier alpha value is -8.29. The normalized spacial score (nSPS) is 11.9. The minimum Gasteiger partial charge on any atom is -0.309 e. The van der Waals surface area contributed by atoms with Crippen molar-refractivity contribution < 1.29 is 0 Å². The SMILES string of the molecule is c1ccc(-c2cc3c(s2)c2sc(-c4ccc5c(c4)c4cc6c(cc4n5-c4ccccc4)c4cc(-c5ccc(-c7ccncc7)cc5)ccc4n6-c4ccccc4)cc2n3-c2ccccc2)cc1. The maximum Gasteiger partial charge on any atom is 0.0711 e. The van der Waals surface area contributed by atoms with E-state index in [0.29, 0.717) is 0 Å². The number of aromatic nitrogens is 4. The molecule has 6 heterocycles. The summed E-state index contributed by atoms with van der Waals surface area (Å²) in [7, 11) is 0. The molecule has 0 unspecified atom stereocenters. The number of fused-ring (bicyclic) bond motifs is 9. The molecule has 6 aromatic heterocycles. The van der Waals surface area contributed by atoms with Crippen LogP contribution in [-0.2, 0) is 0 Å². The highest BCUT2D eigenvalue weighted by atomic mass is 32.1. The van der Waals surface area contributed by atoms with E-state index in [-0.39, 0.29) is 0 Å². The summed E-state index contributed by atoms with van der Waals surface area (Å²) in [6.45, 7) is 0. The highest BCUT2D eigenvalue weighted by Gasteiger charge is 2.23. The van der Waals surface area contributed by atoms with Crippen LogP contribution in [0.2, 0.25) is 0 Å². The van der Waals surface area contributed by atoms with Crippen LogP contribution in [0, 0.1) is 0 Å². The van der Waals surface area contributed by atoms with Gasteiger partial charge >= 0.3 is 0 Å². The molecule has 314 valence electrons. The maximum absolute atomic E-state index is 4.21. The number of nitrogens with zero attached hydrogens (tertiary/aromatic N) is 4. The number of thiophene rings is 2. The van der Waals surface area contributed by atoms with E-state index in [2.05, 4.69) is 237 Å². The molecule has 0 spiro atoms. The minimum absolute atomic E-state index is 1.14. The van der Waals surface area contributed by atoms with Gasteiger partial charge in [0.05, 0.1) is 42.5 Å². The molecule has 0 aliphatic heterocycles. The van der Waals surface area contributed by atoms with Crippen molar-refractivity contribution in [1.82, 2.24) is 18.7 Å². The first-order valence-corrected chi connectivity index (χ1v) is 24.2. The van der Waals surface area contributed by atoms with Gasteiger partial charge in [-0.05, 0) is 130 Å². The second-order valence-corrected chi connectivity index (χ2v) is 19.3. The zero-order chi connectivity index (χ0) is 44.0. The van der Waals surface area contributed by atoms with Crippen molar-refractivity contribution >= 4 is 86.7 Å². The molecule has 67 heavy (non-hydrogen) atoms. The van der Waals surface area contributed by atoms with Crippen molar-refractivity contribution in [3.63, 3.8) is 0 Å². The largest absolute Gasteiger partial charge is 0.309 e. The summed E-state index contributed by atoms with van der Waals surface area (Å²) < 4.78 is 10.0. The summed E-state index contributed by atoms with van der Waals surface area (Å²) in [5.41, 5.74) is 17.9. The Bertz CT molecular complexity index is 4160. The van der Waals surface area contributed by atoms with Gasteiger partial charge in [-0.15, -0.1) is 22.7 Å². The van der Waals surface area contributed by atoms with Gasteiger partial charge in [0.25, 0.3) is 0 Å². The molecule has 0 saturated heterocycles. The third kappa shape index (κ3) is 6.07. The van der Waals surface area contributed by atoms with Crippen molar-refractivity contribution in [2.24, 2.45) is 0 Å². The van der Waals surface area contributed by atoms with Crippen LogP contribution in [0.1, 0.15) is 0 Å². The lowest BCUT2D eigenvalue weighted by Crippen LogP contribution is -1.94. The van der Waals surface area contributed by atoms with Gasteiger partial charge in [-0.2, -0.15) is 0 Å². The van der Waals surface area contributed by atoms with Crippen molar-refractivity contribution in [2.75, 3.05) is 0 Å². The van der Waals surface area contributed by atoms with Crippen LogP contribution in [0.5, 0.6) is 0 Å². The average molecular weight is 891 g/mol. The molecule has 0 atom stereocenters. The van der Waals surface area contributed by atoms with E-state index in [1.807, 2.05) is 35.1 Å². The predicted octanol–water partition coefficient (Wildman–Crippen LogP) is 17.2. The lowest BCUT2D eigenvalue weighted by molar-refractivity contribution is 1.17. The number of pyridine rings is 1. The molecular formula is C61H38N4S2. The summed E-state index contributed by atoms with van der Waals surface area (Å²) in [5.74, 6) is 0. The molecule has 0 aliphatic rings. The summed E-state index contributed by atoms with van der Waals surface area (Å²) in [5, 5.41) is 4.90. The fourth-order valence-electron chi connectivity index (χ4n) is 10.3. The Kier molecular flexibility index (Phi) is 8.59. The molecule has 8 aromatic carbocycles. The monoisotopic (exact) mass is 890 g/mol. The first-order valence-electron chi connectivity index (χ1n) is 22.6. The van der Waals surface area contributed by atoms with Crippen LogP contribution >= 0.6 is 22.7 Å². The lowest BCUT2D eigenvalue weighted by atomic mass is 9.99. The molecule has 0 aliphatic carbocycles. The molecule has 14 aromatic rings. The second-order valence-electron chi connectivity index (χ2n) is 17.2. The predicted molar refractivity (Wildman–Crippen MR) is 285 cm³/mol. The standard InChI is InChI=1S/C61H38N4S2/c1-5-13-42(14-6-1)58-37-56-60(66-58)61-57(65(56)47-19-11-4-12-20-47)38-59(67-61)44-26-28-53-49(34-44)51-36-54-50(35-55(51)64(53)46-17-9-3-10-18-46)48-33-43(25-27-52(48)63(54)45-15-7-2-8-16-45)40-23-21-39(22-24-40)41-29-31-62-32-30-41/h1-38H. The van der Waals surface area contributed by atoms with Crippen LogP contribution in [0.3, 0.4) is 0 Å². The van der Waals surface area contributed by atoms with Crippen molar-refractivity contribution in [1.29, 1.82) is 0 Å². The van der Waals surface area contributed by atoms with E-state index in [1.54, 1.807) is 0 Å². The maximum atomic E-state index is 4.21. The summed E-state index contributed by atoms with van der Waals surface area (Å²) >= 11 is 3.79. The van der Waals surface area contributed by atoms with E-state index in [4.69, 9.17) is 0 Å². The van der Waals surface area contributed by atoms with E-state index < -0.39 is 0 Å². The molecule has 0 N–H and O–H groups in total. The van der Waals surface area contributed by atoms with Crippen LogP contribution in [-0.4, -0.2) is 18.7 Å². The molecular weight excluding hydrogens is 853 g/mol. The molecule has 0 amide bonds. The van der Waals surface area contributed by atoms with Gasteiger partial charge in [-0.1, -0.05) is 121 Å². The van der Waals surface area contributed by atoms with E-state index in [9.17, 15) is 0 Å². The first-order chi connectivity index (χ1) is 33.2. The number of benzene rings is 8. The quantitative estimate of drug-likeness (QED) is 0.157. The summed E-state index contributed by atoms with van der Waals surface area (Å²) in [4.78, 5) is 6.76. The van der Waals surface area contributed by atoms with Crippen molar-refractivity contribution in [3.05, 3.63) is 231 Å². The molecule has 6 heteroatoms. The lowest BCUT2D eigenvalue weighted by Gasteiger charge is -2.09. The van der Waals surface area contributed by atoms with Crippen molar-refractivity contribution in [2.45, 2.75) is 0 Å². The molecule has 0 fully saturated rings. The second kappa shape index (κ2) is 15.1. The van der Waals surface area contributed by atoms with Gasteiger partial charge < -0.3 is 13.7 Å². The third-order valence-electron chi connectivity index (χ3n) is 13.4. The smallest absolute Gasteiger partial charge is 0.0711 e. The Balaban J connectivity index is 0.986. The summed E-state index contributed by atoms with van der Waals surface area (Å²) in [6, 6.07) is 79.9. The van der Waals surface area contributed by atoms with Gasteiger partial charge in [0.15, 0.2) is 0 Å². The Morgan fingerprint density at radius 1 is 0.269 bits per heavy atom. The number of hydrogen-bond donors (Lipinski definition) is 0. The Morgan fingerprint density at radius 2 is 0.642 bits per heavy atom. The third-order valence-corrected chi connectivity index (χ3v) is 15.9. The highest BCUT2D eigenvalue weighted by Crippen LogP contribution is 2.48. The van der Waals surface area contributed by atoms with E-state index in [1.165, 1.54) is 107 Å². The van der Waals surface area contributed by atoms with Crippen LogP contribution in [0.4, 0.5) is 0 Å². The number of para-hydroxylation sites is 3.